The van der Waals surface area contributed by atoms with E-state index >= 15 is 0 Å². The maximum atomic E-state index is 12.3. The highest BCUT2D eigenvalue weighted by Gasteiger charge is 2.31. The summed E-state index contributed by atoms with van der Waals surface area (Å²) in [7, 11) is 0. The van der Waals surface area contributed by atoms with E-state index in [4.69, 9.17) is 0 Å². The Hall–Kier alpha value is -3.01. The van der Waals surface area contributed by atoms with Crippen LogP contribution in [0, 0.1) is 0 Å². The first-order chi connectivity index (χ1) is 13.0. The first kappa shape index (κ1) is 17.4. The van der Waals surface area contributed by atoms with Gasteiger partial charge in [0.25, 0.3) is 0 Å². The molecule has 0 aromatic heterocycles. The molecular formula is C23H17F3O. The van der Waals surface area contributed by atoms with E-state index in [1.807, 2.05) is 18.2 Å². The molecule has 136 valence electrons. The van der Waals surface area contributed by atoms with Crippen LogP contribution in [0.2, 0.25) is 0 Å². The van der Waals surface area contributed by atoms with E-state index in [-0.39, 0.29) is 5.75 Å². The van der Waals surface area contributed by atoms with Gasteiger partial charge in [-0.1, -0.05) is 66.7 Å². The van der Waals surface area contributed by atoms with Gasteiger partial charge in [0.05, 0.1) is 0 Å². The molecule has 1 aliphatic rings. The van der Waals surface area contributed by atoms with Crippen molar-refractivity contribution < 1.29 is 17.9 Å². The van der Waals surface area contributed by atoms with E-state index in [0.717, 1.165) is 29.6 Å². The van der Waals surface area contributed by atoms with Gasteiger partial charge in [-0.3, -0.25) is 0 Å². The van der Waals surface area contributed by atoms with Crippen molar-refractivity contribution in [2.75, 3.05) is 0 Å². The molecule has 0 saturated heterocycles. The van der Waals surface area contributed by atoms with Gasteiger partial charge in [0.15, 0.2) is 0 Å². The second kappa shape index (κ2) is 6.95. The third kappa shape index (κ3) is 3.90. The molecule has 3 aromatic carbocycles. The van der Waals surface area contributed by atoms with Crippen molar-refractivity contribution in [3.8, 4) is 5.75 Å². The molecule has 0 aliphatic heterocycles. The van der Waals surface area contributed by atoms with Crippen molar-refractivity contribution in [2.24, 2.45) is 0 Å². The summed E-state index contributed by atoms with van der Waals surface area (Å²) in [5.74, 6) is -0.201. The fraction of sp³-hybridized carbons (Fsp3) is 0.130. The lowest BCUT2D eigenvalue weighted by Crippen LogP contribution is -2.17. The number of hydrogen-bond acceptors (Lipinski definition) is 1. The predicted octanol–water partition coefficient (Wildman–Crippen LogP) is 7.00. The Labute approximate surface area is 155 Å². The zero-order chi connectivity index (χ0) is 18.9. The summed E-state index contributed by atoms with van der Waals surface area (Å²) >= 11 is 0. The van der Waals surface area contributed by atoms with Gasteiger partial charge in [-0.15, -0.1) is 13.2 Å². The molecule has 0 N–H and O–H groups in total. The van der Waals surface area contributed by atoms with Crippen LogP contribution in [0.15, 0.2) is 78.9 Å². The van der Waals surface area contributed by atoms with Crippen molar-refractivity contribution in [1.82, 2.24) is 0 Å². The molecule has 0 spiro atoms. The molecule has 0 atom stereocenters. The zero-order valence-corrected chi connectivity index (χ0v) is 14.5. The maximum Gasteiger partial charge on any atom is 0.573 e. The Morgan fingerprint density at radius 1 is 0.815 bits per heavy atom. The highest BCUT2D eigenvalue weighted by atomic mass is 19.4. The van der Waals surface area contributed by atoms with Gasteiger partial charge in [0.2, 0.25) is 0 Å². The SMILES string of the molecule is FC(F)(F)Oc1ccc(C2=CC(c3cccc4ccccc34)=CCC2)cc1. The lowest BCUT2D eigenvalue weighted by atomic mass is 9.89. The van der Waals surface area contributed by atoms with Crippen molar-refractivity contribution in [3.05, 3.63) is 90.0 Å². The van der Waals surface area contributed by atoms with Crippen LogP contribution in [-0.2, 0) is 0 Å². The third-order valence-electron chi connectivity index (χ3n) is 4.67. The van der Waals surface area contributed by atoms with Crippen LogP contribution < -0.4 is 4.74 Å². The van der Waals surface area contributed by atoms with Crippen LogP contribution >= 0.6 is 0 Å². The summed E-state index contributed by atoms with van der Waals surface area (Å²) in [6.07, 6.45) is 1.42. The molecule has 0 heterocycles. The normalized spacial score (nSPS) is 14.6. The van der Waals surface area contributed by atoms with E-state index in [1.54, 1.807) is 12.1 Å². The molecule has 0 saturated carbocycles. The Morgan fingerprint density at radius 2 is 1.56 bits per heavy atom. The Kier molecular flexibility index (Phi) is 4.48. The molecule has 4 rings (SSSR count). The number of allylic oxidation sites excluding steroid dienone is 4. The molecule has 0 amide bonds. The number of halogens is 3. The van der Waals surface area contributed by atoms with Gasteiger partial charge in [-0.25, -0.2) is 0 Å². The molecule has 0 bridgehead atoms. The predicted molar refractivity (Wildman–Crippen MR) is 102 cm³/mol. The van der Waals surface area contributed by atoms with Crippen molar-refractivity contribution in [2.45, 2.75) is 19.2 Å². The minimum Gasteiger partial charge on any atom is -0.406 e. The molecule has 3 aromatic rings. The first-order valence-corrected chi connectivity index (χ1v) is 8.75. The zero-order valence-electron chi connectivity index (χ0n) is 14.5. The van der Waals surface area contributed by atoms with E-state index in [1.165, 1.54) is 28.5 Å². The molecule has 0 radical (unpaired) electrons. The van der Waals surface area contributed by atoms with E-state index in [0.29, 0.717) is 0 Å². The van der Waals surface area contributed by atoms with Gasteiger partial charge < -0.3 is 4.74 Å². The molecular weight excluding hydrogens is 349 g/mol. The van der Waals surface area contributed by atoms with Crippen LogP contribution in [-0.4, -0.2) is 6.36 Å². The molecule has 1 aliphatic carbocycles. The largest absolute Gasteiger partial charge is 0.573 e. The fourth-order valence-corrected chi connectivity index (χ4v) is 3.47. The number of rotatable bonds is 3. The van der Waals surface area contributed by atoms with Gasteiger partial charge in [0.1, 0.15) is 5.75 Å². The lowest BCUT2D eigenvalue weighted by Gasteiger charge is -2.16. The van der Waals surface area contributed by atoms with Crippen LogP contribution in [0.3, 0.4) is 0 Å². The number of hydrogen-bond donors (Lipinski definition) is 0. The van der Waals surface area contributed by atoms with E-state index in [2.05, 4.69) is 41.2 Å². The van der Waals surface area contributed by atoms with Crippen LogP contribution in [0.4, 0.5) is 13.2 Å². The summed E-state index contributed by atoms with van der Waals surface area (Å²) in [6, 6.07) is 20.6. The van der Waals surface area contributed by atoms with E-state index in [9.17, 15) is 13.2 Å². The number of ether oxygens (including phenoxy) is 1. The standard InChI is InChI=1S/C23H17F3O/c24-23(25,26)27-20-13-11-16(12-14-20)18-7-3-8-19(15-18)22-10-4-6-17-5-1-2-9-21(17)22/h1-2,4-6,8-15H,3,7H2. The maximum absolute atomic E-state index is 12.3. The number of benzene rings is 3. The minimum absolute atomic E-state index is 0.201. The van der Waals surface area contributed by atoms with Crippen molar-refractivity contribution in [3.63, 3.8) is 0 Å². The monoisotopic (exact) mass is 366 g/mol. The fourth-order valence-electron chi connectivity index (χ4n) is 3.47. The van der Waals surface area contributed by atoms with E-state index < -0.39 is 6.36 Å². The Morgan fingerprint density at radius 3 is 2.33 bits per heavy atom. The van der Waals surface area contributed by atoms with Gasteiger partial charge in [0, 0.05) is 0 Å². The van der Waals surface area contributed by atoms with Crippen LogP contribution in [0.1, 0.15) is 24.0 Å². The Bertz CT molecular complexity index is 1020. The second-order valence-corrected chi connectivity index (χ2v) is 6.47. The molecule has 4 heteroatoms. The van der Waals surface area contributed by atoms with Gasteiger partial charge in [-0.05, 0) is 58.0 Å². The molecule has 27 heavy (non-hydrogen) atoms. The number of alkyl halides is 3. The summed E-state index contributed by atoms with van der Waals surface area (Å²) in [6.45, 7) is 0. The quantitative estimate of drug-likeness (QED) is 0.485. The third-order valence-corrected chi connectivity index (χ3v) is 4.67. The highest BCUT2D eigenvalue weighted by Crippen LogP contribution is 2.35. The summed E-state index contributed by atoms with van der Waals surface area (Å²) in [5.41, 5.74) is 4.33. The molecule has 1 nitrogen and oxygen atoms in total. The van der Waals surface area contributed by atoms with Crippen LogP contribution in [0.25, 0.3) is 21.9 Å². The topological polar surface area (TPSA) is 9.23 Å². The van der Waals surface area contributed by atoms with Gasteiger partial charge >= 0.3 is 6.36 Å². The molecule has 0 fully saturated rings. The second-order valence-electron chi connectivity index (χ2n) is 6.47. The van der Waals surface area contributed by atoms with Crippen molar-refractivity contribution in [1.29, 1.82) is 0 Å². The smallest absolute Gasteiger partial charge is 0.406 e. The average molecular weight is 366 g/mol. The first-order valence-electron chi connectivity index (χ1n) is 8.75. The average Bonchev–Trinajstić information content (AvgIpc) is 2.67. The Balaban J connectivity index is 1.65. The lowest BCUT2D eigenvalue weighted by molar-refractivity contribution is -0.274. The molecule has 0 unspecified atom stereocenters. The summed E-state index contributed by atoms with van der Waals surface area (Å²) < 4.78 is 40.9. The number of fused-ring (bicyclic) bond motifs is 1. The summed E-state index contributed by atoms with van der Waals surface area (Å²) in [5, 5.41) is 2.38. The van der Waals surface area contributed by atoms with Crippen molar-refractivity contribution >= 4 is 21.9 Å². The summed E-state index contributed by atoms with van der Waals surface area (Å²) in [4.78, 5) is 0. The highest BCUT2D eigenvalue weighted by molar-refractivity contribution is 5.98. The van der Waals surface area contributed by atoms with Crippen LogP contribution in [0.5, 0.6) is 5.75 Å². The minimum atomic E-state index is -4.67. The van der Waals surface area contributed by atoms with Gasteiger partial charge in [-0.2, -0.15) is 0 Å².